The van der Waals surface area contributed by atoms with Crippen LogP contribution in [0.3, 0.4) is 0 Å². The number of quaternary nitrogens is 1. The summed E-state index contributed by atoms with van der Waals surface area (Å²) < 4.78 is 5.44. The standard InChI is InChI=1S/C8H15NO/c1-9-3-7-2-8(4-9)6-10-5-7/h7-9H,1-6H2. The maximum Gasteiger partial charge on any atom is 0.0581 e. The molecule has 2 heteroatoms. The fourth-order valence-electron chi connectivity index (χ4n) is 2.19. The molecule has 2 heterocycles. The molecule has 58 valence electrons. The van der Waals surface area contributed by atoms with E-state index in [1.54, 1.807) is 0 Å². The molecule has 2 atom stereocenters. The zero-order valence-electron chi connectivity index (χ0n) is 6.31. The van der Waals surface area contributed by atoms with E-state index in [4.69, 9.17) is 4.74 Å². The van der Waals surface area contributed by atoms with Crippen molar-refractivity contribution in [2.24, 2.45) is 11.8 Å². The average molecular weight is 141 g/mol. The van der Waals surface area contributed by atoms with E-state index < -0.39 is 0 Å². The smallest absolute Gasteiger partial charge is 0.0581 e. The summed E-state index contributed by atoms with van der Waals surface area (Å²) in [5, 5.41) is 0. The third-order valence-electron chi connectivity index (χ3n) is 2.53. The highest BCUT2D eigenvalue weighted by atomic mass is 16.5. The lowest BCUT2D eigenvalue weighted by Gasteiger charge is -2.40. The fourth-order valence-corrected chi connectivity index (χ4v) is 2.19. The average Bonchev–Trinajstić information content (AvgIpc) is 1.85. The minimum absolute atomic E-state index is 0.806. The Morgan fingerprint density at radius 2 is 1.80 bits per heavy atom. The van der Waals surface area contributed by atoms with Crippen LogP contribution in [0.15, 0.2) is 0 Å². The van der Waals surface area contributed by atoms with Crippen LogP contribution in [0.4, 0.5) is 0 Å². The molecule has 0 radical (unpaired) electrons. The summed E-state index contributed by atoms with van der Waals surface area (Å²) in [6.07, 6.45) is 1.39. The van der Waals surface area contributed by atoms with E-state index in [-0.39, 0.29) is 0 Å². The Bertz CT molecular complexity index is 110. The molecule has 1 N–H and O–H groups in total. The van der Waals surface area contributed by atoms with Crippen LogP contribution in [0.2, 0.25) is 0 Å². The number of piperidine rings is 1. The quantitative estimate of drug-likeness (QED) is 0.442. The lowest BCUT2D eigenvalue weighted by molar-refractivity contribution is -0.869. The largest absolute Gasteiger partial charge is 0.467 e. The number of nitrogens with one attached hydrogen (secondary N) is 1. The molecule has 0 aliphatic carbocycles. The number of hydrogen-bond acceptors (Lipinski definition) is 1. The molecule has 0 aromatic carbocycles. The second-order valence-electron chi connectivity index (χ2n) is 3.66. The Morgan fingerprint density at radius 3 is 2.40 bits per heavy atom. The monoisotopic (exact) mass is 141 g/mol. The van der Waals surface area contributed by atoms with Gasteiger partial charge in [0, 0.05) is 11.8 Å². The first-order valence-corrected chi connectivity index (χ1v) is 4.09. The van der Waals surface area contributed by atoms with Gasteiger partial charge >= 0.3 is 0 Å². The van der Waals surface area contributed by atoms with Crippen LogP contribution in [0.25, 0.3) is 0 Å². The summed E-state index contributed by atoms with van der Waals surface area (Å²) in [6.45, 7) is 4.40. The first-order valence-electron chi connectivity index (χ1n) is 4.09. The van der Waals surface area contributed by atoms with Crippen molar-refractivity contribution in [3.05, 3.63) is 7.05 Å². The van der Waals surface area contributed by atoms with E-state index in [1.165, 1.54) is 24.4 Å². The highest BCUT2D eigenvalue weighted by Crippen LogP contribution is 2.19. The van der Waals surface area contributed by atoms with E-state index in [0.717, 1.165) is 25.0 Å². The van der Waals surface area contributed by atoms with Crippen molar-refractivity contribution < 1.29 is 9.64 Å². The summed E-state index contributed by atoms with van der Waals surface area (Å²) in [4.78, 5) is 1.45. The highest BCUT2D eigenvalue weighted by molar-refractivity contribution is 4.73. The van der Waals surface area contributed by atoms with Gasteiger partial charge in [0.1, 0.15) is 0 Å². The van der Waals surface area contributed by atoms with Gasteiger partial charge in [0.15, 0.2) is 0 Å². The SMILES string of the molecule is [CH2-][NH+]1CC2COCC(C2)C1. The molecule has 2 unspecified atom stereocenters. The van der Waals surface area contributed by atoms with E-state index in [9.17, 15) is 0 Å². The van der Waals surface area contributed by atoms with Crippen LogP contribution in [0.5, 0.6) is 0 Å². The van der Waals surface area contributed by atoms with Crippen molar-refractivity contribution >= 4 is 0 Å². The van der Waals surface area contributed by atoms with Gasteiger partial charge in [-0.3, -0.25) is 0 Å². The molecule has 0 aromatic heterocycles. The molecule has 2 aliphatic heterocycles. The van der Waals surface area contributed by atoms with Crippen molar-refractivity contribution in [3.63, 3.8) is 0 Å². The van der Waals surface area contributed by atoms with E-state index in [0.29, 0.717) is 0 Å². The minimum atomic E-state index is 0.806. The van der Waals surface area contributed by atoms with E-state index in [1.807, 2.05) is 0 Å². The van der Waals surface area contributed by atoms with Gasteiger partial charge in [0.25, 0.3) is 0 Å². The zero-order chi connectivity index (χ0) is 6.97. The molecule has 2 fully saturated rings. The summed E-state index contributed by atoms with van der Waals surface area (Å²) in [7, 11) is 4.04. The summed E-state index contributed by atoms with van der Waals surface area (Å²) in [5.74, 6) is 1.61. The van der Waals surface area contributed by atoms with Gasteiger partial charge in [0.05, 0.1) is 26.3 Å². The number of fused-ring (bicyclic) bond motifs is 2. The molecule has 10 heavy (non-hydrogen) atoms. The Balaban J connectivity index is 1.98. The molecular formula is C8H15NO. The van der Waals surface area contributed by atoms with Crippen LogP contribution in [0, 0.1) is 18.9 Å². The van der Waals surface area contributed by atoms with Gasteiger partial charge in [-0.25, -0.2) is 0 Å². The summed E-state index contributed by atoms with van der Waals surface area (Å²) in [5.41, 5.74) is 0. The normalized spacial score (nSPS) is 47.1. The minimum Gasteiger partial charge on any atom is -0.467 e. The third kappa shape index (κ3) is 1.18. The van der Waals surface area contributed by atoms with Gasteiger partial charge in [-0.05, 0) is 6.42 Å². The molecule has 2 bridgehead atoms. The Morgan fingerprint density at radius 1 is 1.20 bits per heavy atom. The zero-order valence-corrected chi connectivity index (χ0v) is 6.31. The first-order chi connectivity index (χ1) is 4.84. The second-order valence-corrected chi connectivity index (χ2v) is 3.66. The lowest BCUT2D eigenvalue weighted by Crippen LogP contribution is -3.10. The number of ether oxygens (including phenoxy) is 1. The molecule has 2 aliphatic rings. The number of likely N-dealkylation sites (tertiary alicyclic amines) is 1. The van der Waals surface area contributed by atoms with E-state index in [2.05, 4.69) is 7.05 Å². The van der Waals surface area contributed by atoms with Crippen LogP contribution in [-0.4, -0.2) is 26.3 Å². The van der Waals surface area contributed by atoms with Crippen molar-refractivity contribution in [1.29, 1.82) is 0 Å². The molecule has 0 spiro atoms. The summed E-state index contributed by atoms with van der Waals surface area (Å²) >= 11 is 0. The highest BCUT2D eigenvalue weighted by Gasteiger charge is 2.30. The maximum absolute atomic E-state index is 5.44. The fraction of sp³-hybridized carbons (Fsp3) is 0.875. The molecule has 0 aromatic rings. The molecular weight excluding hydrogens is 126 g/mol. The molecule has 2 saturated heterocycles. The van der Waals surface area contributed by atoms with Gasteiger partial charge in [-0.1, -0.05) is 0 Å². The molecule has 0 amide bonds. The van der Waals surface area contributed by atoms with Gasteiger partial charge in [0.2, 0.25) is 0 Å². The Kier molecular flexibility index (Phi) is 1.66. The predicted octanol–water partition coefficient (Wildman–Crippen LogP) is -0.671. The molecule has 2 nitrogen and oxygen atoms in total. The molecule has 2 rings (SSSR count). The van der Waals surface area contributed by atoms with Crippen molar-refractivity contribution in [2.45, 2.75) is 6.42 Å². The molecule has 0 saturated carbocycles. The Hall–Kier alpha value is -0.0800. The van der Waals surface area contributed by atoms with Crippen molar-refractivity contribution in [2.75, 3.05) is 26.3 Å². The first kappa shape index (κ1) is 6.62. The van der Waals surface area contributed by atoms with Gasteiger partial charge < -0.3 is 9.64 Å². The van der Waals surface area contributed by atoms with Crippen LogP contribution < -0.4 is 4.90 Å². The van der Waals surface area contributed by atoms with Crippen LogP contribution in [0.1, 0.15) is 6.42 Å². The van der Waals surface area contributed by atoms with Crippen LogP contribution >= 0.6 is 0 Å². The van der Waals surface area contributed by atoms with Crippen LogP contribution in [-0.2, 0) is 4.74 Å². The number of hydrogen-bond donors (Lipinski definition) is 1. The van der Waals surface area contributed by atoms with Crippen molar-refractivity contribution in [3.8, 4) is 0 Å². The lowest BCUT2D eigenvalue weighted by atomic mass is 9.88. The van der Waals surface area contributed by atoms with Crippen molar-refractivity contribution in [1.82, 2.24) is 0 Å². The predicted molar refractivity (Wildman–Crippen MR) is 38.5 cm³/mol. The topological polar surface area (TPSA) is 13.7 Å². The number of rotatable bonds is 0. The van der Waals surface area contributed by atoms with E-state index >= 15 is 0 Å². The Labute approximate surface area is 62.2 Å². The summed E-state index contributed by atoms with van der Waals surface area (Å²) in [6, 6.07) is 0. The van der Waals surface area contributed by atoms with Gasteiger partial charge in [-0.2, -0.15) is 7.05 Å². The maximum atomic E-state index is 5.44. The second kappa shape index (κ2) is 2.51. The third-order valence-corrected chi connectivity index (χ3v) is 2.53. The van der Waals surface area contributed by atoms with Gasteiger partial charge in [-0.15, -0.1) is 0 Å².